The minimum atomic E-state index is 0.485. The van der Waals surface area contributed by atoms with Crippen molar-refractivity contribution in [1.29, 1.82) is 0 Å². The lowest BCUT2D eigenvalue weighted by Gasteiger charge is -2.22. The minimum Gasteiger partial charge on any atom is -0.384 e. The van der Waals surface area contributed by atoms with Gasteiger partial charge in [0.1, 0.15) is 0 Å². The van der Waals surface area contributed by atoms with Gasteiger partial charge in [0, 0.05) is 18.2 Å². The van der Waals surface area contributed by atoms with Gasteiger partial charge < -0.3 is 5.32 Å². The monoisotopic (exact) mass is 173 g/mol. The summed E-state index contributed by atoms with van der Waals surface area (Å²) >= 11 is 0. The maximum Gasteiger partial charge on any atom is 0.0374 e. The first-order valence-electron chi connectivity index (χ1n) is 4.82. The molecular formula is C12H15N. The molecule has 1 aliphatic heterocycles. The number of rotatable bonds is 1. The van der Waals surface area contributed by atoms with Crippen LogP contribution in [0.3, 0.4) is 0 Å². The Labute approximate surface area is 79.5 Å². The predicted octanol–water partition coefficient (Wildman–Crippen LogP) is 2.55. The summed E-state index contributed by atoms with van der Waals surface area (Å²) in [6.45, 7) is 3.17. The molecule has 2 aliphatic rings. The van der Waals surface area contributed by atoms with Gasteiger partial charge in [-0.2, -0.15) is 0 Å². The third-order valence-corrected chi connectivity index (χ3v) is 2.57. The Hall–Kier alpha value is -1.24. The Kier molecular flexibility index (Phi) is 2.35. The van der Waals surface area contributed by atoms with E-state index in [9.17, 15) is 0 Å². The van der Waals surface area contributed by atoms with Crippen molar-refractivity contribution in [1.82, 2.24) is 5.32 Å². The minimum absolute atomic E-state index is 0.485. The van der Waals surface area contributed by atoms with Gasteiger partial charge in [-0.25, -0.2) is 0 Å². The summed E-state index contributed by atoms with van der Waals surface area (Å²) in [6, 6.07) is 0. The molecule has 0 aromatic heterocycles. The summed E-state index contributed by atoms with van der Waals surface area (Å²) in [5.74, 6) is 0.485. The van der Waals surface area contributed by atoms with Gasteiger partial charge in [-0.3, -0.25) is 0 Å². The van der Waals surface area contributed by atoms with E-state index < -0.39 is 0 Å². The smallest absolute Gasteiger partial charge is 0.0374 e. The summed E-state index contributed by atoms with van der Waals surface area (Å²) in [5.41, 5.74) is 2.78. The molecule has 0 saturated heterocycles. The Morgan fingerprint density at radius 3 is 3.00 bits per heavy atom. The van der Waals surface area contributed by atoms with Gasteiger partial charge in [-0.15, -0.1) is 0 Å². The van der Waals surface area contributed by atoms with Gasteiger partial charge in [0.25, 0.3) is 0 Å². The topological polar surface area (TPSA) is 12.0 Å². The van der Waals surface area contributed by atoms with E-state index in [0.717, 1.165) is 13.0 Å². The molecule has 0 saturated carbocycles. The molecule has 0 spiro atoms. The molecule has 1 heterocycles. The normalized spacial score (nSPS) is 26.4. The first-order chi connectivity index (χ1) is 6.38. The fourth-order valence-electron chi connectivity index (χ4n) is 1.79. The average molecular weight is 173 g/mol. The molecule has 2 rings (SSSR count). The zero-order valence-corrected chi connectivity index (χ0v) is 7.96. The Morgan fingerprint density at radius 1 is 1.38 bits per heavy atom. The molecule has 0 radical (unpaired) electrons. The highest BCUT2D eigenvalue weighted by atomic mass is 14.9. The van der Waals surface area contributed by atoms with Crippen molar-refractivity contribution in [3.8, 4) is 0 Å². The molecule has 0 amide bonds. The van der Waals surface area contributed by atoms with E-state index in [1.54, 1.807) is 0 Å². The van der Waals surface area contributed by atoms with E-state index in [4.69, 9.17) is 0 Å². The molecule has 0 bridgehead atoms. The highest BCUT2D eigenvalue weighted by molar-refractivity contribution is 5.32. The SMILES string of the molecule is CC1=CCC=CC1C1=CC=CCN1. The first kappa shape index (κ1) is 8.36. The highest BCUT2D eigenvalue weighted by Crippen LogP contribution is 2.24. The fourth-order valence-corrected chi connectivity index (χ4v) is 1.79. The molecule has 1 heteroatoms. The third-order valence-electron chi connectivity index (χ3n) is 2.57. The van der Waals surface area contributed by atoms with E-state index in [1.165, 1.54) is 11.3 Å². The van der Waals surface area contributed by atoms with Gasteiger partial charge in [0.15, 0.2) is 0 Å². The second-order valence-electron chi connectivity index (χ2n) is 3.52. The number of allylic oxidation sites excluding steroid dienone is 5. The van der Waals surface area contributed by atoms with E-state index >= 15 is 0 Å². The van der Waals surface area contributed by atoms with Gasteiger partial charge in [0.05, 0.1) is 0 Å². The molecule has 1 N–H and O–H groups in total. The summed E-state index contributed by atoms with van der Waals surface area (Å²) < 4.78 is 0. The molecule has 1 atom stereocenters. The average Bonchev–Trinajstić information content (AvgIpc) is 2.20. The van der Waals surface area contributed by atoms with Crippen LogP contribution in [-0.4, -0.2) is 6.54 Å². The maximum absolute atomic E-state index is 3.40. The lowest BCUT2D eigenvalue weighted by molar-refractivity contribution is 0.738. The molecule has 0 fully saturated rings. The molecular weight excluding hydrogens is 158 g/mol. The number of nitrogens with one attached hydrogen (secondary N) is 1. The van der Waals surface area contributed by atoms with Crippen molar-refractivity contribution in [2.45, 2.75) is 13.3 Å². The van der Waals surface area contributed by atoms with E-state index in [2.05, 4.69) is 48.7 Å². The van der Waals surface area contributed by atoms with Gasteiger partial charge in [-0.1, -0.05) is 36.0 Å². The van der Waals surface area contributed by atoms with Crippen LogP contribution >= 0.6 is 0 Å². The van der Waals surface area contributed by atoms with Crippen molar-refractivity contribution < 1.29 is 0 Å². The highest BCUT2D eigenvalue weighted by Gasteiger charge is 2.14. The van der Waals surface area contributed by atoms with Crippen molar-refractivity contribution in [2.75, 3.05) is 6.54 Å². The summed E-state index contributed by atoms with van der Waals surface area (Å²) in [6.07, 6.45) is 14.3. The van der Waals surface area contributed by atoms with Crippen LogP contribution in [0.25, 0.3) is 0 Å². The molecule has 13 heavy (non-hydrogen) atoms. The second kappa shape index (κ2) is 3.65. The zero-order valence-electron chi connectivity index (χ0n) is 7.96. The number of hydrogen-bond donors (Lipinski definition) is 1. The van der Waals surface area contributed by atoms with Crippen LogP contribution in [0, 0.1) is 5.92 Å². The molecule has 0 aromatic carbocycles. The van der Waals surface area contributed by atoms with Gasteiger partial charge in [0.2, 0.25) is 0 Å². The summed E-state index contributed by atoms with van der Waals surface area (Å²) in [7, 11) is 0. The van der Waals surface area contributed by atoms with Crippen LogP contribution in [0.5, 0.6) is 0 Å². The van der Waals surface area contributed by atoms with Crippen molar-refractivity contribution in [3.05, 3.63) is 47.7 Å². The van der Waals surface area contributed by atoms with Crippen LogP contribution in [0.2, 0.25) is 0 Å². The van der Waals surface area contributed by atoms with Crippen molar-refractivity contribution in [3.63, 3.8) is 0 Å². The van der Waals surface area contributed by atoms with E-state index in [0.29, 0.717) is 5.92 Å². The molecule has 1 unspecified atom stereocenters. The lowest BCUT2D eigenvalue weighted by Crippen LogP contribution is -2.22. The van der Waals surface area contributed by atoms with Crippen LogP contribution in [0.4, 0.5) is 0 Å². The van der Waals surface area contributed by atoms with Crippen LogP contribution in [0.1, 0.15) is 13.3 Å². The quantitative estimate of drug-likeness (QED) is 0.601. The molecule has 1 aliphatic carbocycles. The standard InChI is InChI=1S/C12H15N/c1-10-6-2-3-7-11(10)12-8-4-5-9-13-12/h3-8,11,13H,2,9H2,1H3. The Bertz CT molecular complexity index is 305. The van der Waals surface area contributed by atoms with Crippen molar-refractivity contribution in [2.24, 2.45) is 5.92 Å². The number of dihydropyridines is 1. The summed E-state index contributed by atoms with van der Waals surface area (Å²) in [5, 5.41) is 3.40. The third kappa shape index (κ3) is 1.74. The largest absolute Gasteiger partial charge is 0.384 e. The number of hydrogen-bond acceptors (Lipinski definition) is 1. The Morgan fingerprint density at radius 2 is 2.31 bits per heavy atom. The molecule has 1 nitrogen and oxygen atoms in total. The zero-order chi connectivity index (χ0) is 9.10. The van der Waals surface area contributed by atoms with Crippen LogP contribution in [-0.2, 0) is 0 Å². The lowest BCUT2D eigenvalue weighted by atomic mass is 9.91. The maximum atomic E-state index is 3.40. The second-order valence-corrected chi connectivity index (χ2v) is 3.52. The summed E-state index contributed by atoms with van der Waals surface area (Å²) in [4.78, 5) is 0. The predicted molar refractivity (Wildman–Crippen MR) is 56.2 cm³/mol. The Balaban J connectivity index is 2.19. The first-order valence-corrected chi connectivity index (χ1v) is 4.82. The van der Waals surface area contributed by atoms with Gasteiger partial charge in [-0.05, 0) is 19.4 Å². The van der Waals surface area contributed by atoms with Crippen LogP contribution < -0.4 is 5.32 Å². The van der Waals surface area contributed by atoms with Crippen molar-refractivity contribution >= 4 is 0 Å². The van der Waals surface area contributed by atoms with E-state index in [-0.39, 0.29) is 0 Å². The van der Waals surface area contributed by atoms with Gasteiger partial charge >= 0.3 is 0 Å². The van der Waals surface area contributed by atoms with Crippen LogP contribution in [0.15, 0.2) is 47.7 Å². The molecule has 68 valence electrons. The molecule has 0 aromatic rings. The fraction of sp³-hybridized carbons (Fsp3) is 0.333. The van der Waals surface area contributed by atoms with E-state index in [1.807, 2.05) is 0 Å².